The molecule has 0 aromatic rings. The molecule has 1 heterocycles. The van der Waals surface area contributed by atoms with Gasteiger partial charge in [-0.25, -0.2) is 0 Å². The summed E-state index contributed by atoms with van der Waals surface area (Å²) in [6.45, 7) is 5.99. The first-order valence-electron chi connectivity index (χ1n) is 7.02. The van der Waals surface area contributed by atoms with Crippen molar-refractivity contribution in [3.63, 3.8) is 0 Å². The molecule has 1 aliphatic heterocycles. The lowest BCUT2D eigenvalue weighted by molar-refractivity contribution is -0.0332. The smallest absolute Gasteiger partial charge is 0.408 e. The molecule has 1 saturated carbocycles. The summed E-state index contributed by atoms with van der Waals surface area (Å²) in [4.78, 5) is -2.58. The van der Waals surface area contributed by atoms with Gasteiger partial charge >= 0.3 is 7.12 Å². The van der Waals surface area contributed by atoms with E-state index in [0.717, 1.165) is 6.42 Å². The molecule has 0 aromatic heterocycles. The molecule has 4 atom stereocenters. The van der Waals surface area contributed by atoms with E-state index in [2.05, 4.69) is 0 Å². The van der Waals surface area contributed by atoms with E-state index in [1.54, 1.807) is 0 Å². The van der Waals surface area contributed by atoms with Crippen LogP contribution in [-0.2, 0) is 9.31 Å². The van der Waals surface area contributed by atoms with Gasteiger partial charge < -0.3 is 9.31 Å². The van der Waals surface area contributed by atoms with Crippen molar-refractivity contribution in [3.8, 4) is 0 Å². The second-order valence-electron chi connectivity index (χ2n) is 6.92. The van der Waals surface area contributed by atoms with Crippen LogP contribution in [0.4, 0.5) is 0 Å². The summed E-state index contributed by atoms with van der Waals surface area (Å²) in [7, 11) is -0.604. The van der Waals surface area contributed by atoms with Gasteiger partial charge in [0, 0.05) is 11.9 Å². The summed E-state index contributed by atoms with van der Waals surface area (Å²) in [5.74, 6) is -0.404. The Bertz CT molecular complexity index is 553. The molecule has 2 nitrogen and oxygen atoms in total. The van der Waals surface area contributed by atoms with Crippen molar-refractivity contribution in [2.45, 2.75) is 65.2 Å². The molecule has 0 radical (unpaired) electrons. The molecule has 0 amide bonds. The Kier molecular flexibility index (Phi) is 4.35. The van der Waals surface area contributed by atoms with Crippen molar-refractivity contribution in [1.29, 1.82) is 0 Å². The highest BCUT2D eigenvalue weighted by Crippen LogP contribution is 2.76. The summed E-state index contributed by atoms with van der Waals surface area (Å²) in [6.07, 6.45) is 1.11. The summed E-state index contributed by atoms with van der Waals surface area (Å²) in [5.41, 5.74) is -0.349. The molecule has 3 rings (SSSR count). The van der Waals surface area contributed by atoms with Crippen LogP contribution in [0.3, 0.4) is 0 Å². The van der Waals surface area contributed by atoms with E-state index in [-0.39, 0.29) is 21.8 Å². The van der Waals surface area contributed by atoms with Gasteiger partial charge in [0.2, 0.25) is 0 Å². The fourth-order valence-corrected chi connectivity index (χ4v) is 6.58. The number of allylic oxidation sites excluding steroid dienone is 2. The number of halogens is 6. The van der Waals surface area contributed by atoms with Crippen LogP contribution >= 0.6 is 69.6 Å². The van der Waals surface area contributed by atoms with Crippen molar-refractivity contribution in [1.82, 2.24) is 0 Å². The molecular weight excluding hydrogens is 412 g/mol. The highest BCUT2D eigenvalue weighted by atomic mass is 35.5. The van der Waals surface area contributed by atoms with Crippen LogP contribution in [0.25, 0.3) is 0 Å². The molecular formula is C13H15BCl6O2. The van der Waals surface area contributed by atoms with Crippen LogP contribution in [0.5, 0.6) is 0 Å². The highest BCUT2D eigenvalue weighted by molar-refractivity contribution is 6.68. The van der Waals surface area contributed by atoms with Crippen molar-refractivity contribution < 1.29 is 9.31 Å². The maximum atomic E-state index is 6.78. The zero-order chi connectivity index (χ0) is 16.7. The molecule has 2 bridgehead atoms. The third-order valence-electron chi connectivity index (χ3n) is 4.74. The van der Waals surface area contributed by atoms with E-state index in [9.17, 15) is 0 Å². The van der Waals surface area contributed by atoms with Crippen molar-refractivity contribution in [2.75, 3.05) is 0 Å². The lowest BCUT2D eigenvalue weighted by Gasteiger charge is -2.43. The van der Waals surface area contributed by atoms with Crippen LogP contribution in [0.2, 0.25) is 5.82 Å². The number of hydrogen-bond donors (Lipinski definition) is 0. The summed E-state index contributed by atoms with van der Waals surface area (Å²) >= 11 is 39.0. The Hall–Kier alpha value is 1.46. The second kappa shape index (κ2) is 5.24. The Morgan fingerprint density at radius 1 is 1.05 bits per heavy atom. The average molecular weight is 427 g/mol. The summed E-state index contributed by atoms with van der Waals surface area (Å²) in [6, 6.07) is 0. The van der Waals surface area contributed by atoms with Crippen LogP contribution in [0, 0.1) is 0 Å². The molecule has 2 fully saturated rings. The third kappa shape index (κ3) is 2.16. The predicted octanol–water partition coefficient (Wildman–Crippen LogP) is 5.68. The third-order valence-corrected chi connectivity index (χ3v) is 9.03. The average Bonchev–Trinajstić information content (AvgIpc) is 2.58. The van der Waals surface area contributed by atoms with Crippen LogP contribution < -0.4 is 0 Å². The monoisotopic (exact) mass is 424 g/mol. The SMILES string of the molecule is CC1CC(C)(C)OB(C2CC3(Cl)C(Cl)=C(Cl)C2(Cl)C3(Cl)Cl)O1. The molecule has 1 saturated heterocycles. The zero-order valence-electron chi connectivity index (χ0n) is 12.2. The molecule has 3 aliphatic rings. The molecule has 124 valence electrons. The van der Waals surface area contributed by atoms with E-state index in [4.69, 9.17) is 78.9 Å². The molecule has 0 spiro atoms. The van der Waals surface area contributed by atoms with Crippen molar-refractivity contribution in [2.24, 2.45) is 0 Å². The number of hydrogen-bond acceptors (Lipinski definition) is 2. The largest absolute Gasteiger partial charge is 0.463 e. The van der Waals surface area contributed by atoms with Crippen molar-refractivity contribution >= 4 is 76.7 Å². The topological polar surface area (TPSA) is 18.5 Å². The van der Waals surface area contributed by atoms with Crippen molar-refractivity contribution in [3.05, 3.63) is 10.1 Å². The molecule has 22 heavy (non-hydrogen) atoms. The van der Waals surface area contributed by atoms with Gasteiger partial charge in [-0.3, -0.25) is 0 Å². The number of fused-ring (bicyclic) bond motifs is 2. The lowest BCUT2D eigenvalue weighted by atomic mass is 9.62. The Labute approximate surface area is 160 Å². The van der Waals surface area contributed by atoms with Crippen LogP contribution in [0.15, 0.2) is 10.1 Å². The minimum atomic E-state index is -1.54. The van der Waals surface area contributed by atoms with E-state index < -0.39 is 27.0 Å². The predicted molar refractivity (Wildman–Crippen MR) is 94.8 cm³/mol. The fraction of sp³-hybridized carbons (Fsp3) is 0.846. The first-order valence-corrected chi connectivity index (χ1v) is 9.29. The molecule has 2 aliphatic carbocycles. The number of rotatable bonds is 1. The lowest BCUT2D eigenvalue weighted by Crippen LogP contribution is -2.53. The van der Waals surface area contributed by atoms with Gasteiger partial charge in [-0.05, 0) is 33.6 Å². The Balaban J connectivity index is 2.02. The minimum Gasteiger partial charge on any atom is -0.408 e. The molecule has 0 aromatic carbocycles. The van der Waals surface area contributed by atoms with Gasteiger partial charge in [-0.1, -0.05) is 46.4 Å². The van der Waals surface area contributed by atoms with Gasteiger partial charge in [0.25, 0.3) is 0 Å². The highest BCUT2D eigenvalue weighted by Gasteiger charge is 2.80. The molecule has 4 unspecified atom stereocenters. The van der Waals surface area contributed by atoms with Gasteiger partial charge in [-0.15, -0.1) is 23.2 Å². The summed E-state index contributed by atoms with van der Waals surface area (Å²) in [5, 5.41) is 0.380. The van der Waals surface area contributed by atoms with Gasteiger partial charge in [0.15, 0.2) is 4.33 Å². The Morgan fingerprint density at radius 3 is 2.09 bits per heavy atom. The minimum absolute atomic E-state index is 0.0118. The van der Waals surface area contributed by atoms with Crippen LogP contribution in [-0.4, -0.2) is 32.9 Å². The molecule has 9 heteroatoms. The number of alkyl halides is 4. The second-order valence-corrected chi connectivity index (χ2v) is 10.2. The summed E-state index contributed by atoms with van der Waals surface area (Å²) < 4.78 is 10.5. The standard InChI is InChI=1S/C13H15BCl6O2/c1-6-4-10(2,3)22-14(21-6)7-5-11(17)8(15)9(16)12(7,18)13(11,19)20/h6-7H,4-5H2,1-3H3. The molecule has 0 N–H and O–H groups in total. The Morgan fingerprint density at radius 2 is 1.64 bits per heavy atom. The first-order chi connectivity index (χ1) is 9.87. The van der Waals surface area contributed by atoms with Gasteiger partial charge in [-0.2, -0.15) is 0 Å². The van der Waals surface area contributed by atoms with Crippen LogP contribution in [0.1, 0.15) is 33.6 Å². The van der Waals surface area contributed by atoms with E-state index in [0.29, 0.717) is 6.42 Å². The maximum absolute atomic E-state index is 6.78. The van der Waals surface area contributed by atoms with Gasteiger partial charge in [0.05, 0.1) is 15.7 Å². The first kappa shape index (κ1) is 18.3. The quantitative estimate of drug-likeness (QED) is 0.396. The van der Waals surface area contributed by atoms with E-state index in [1.807, 2.05) is 20.8 Å². The van der Waals surface area contributed by atoms with E-state index >= 15 is 0 Å². The maximum Gasteiger partial charge on any atom is 0.463 e. The zero-order valence-corrected chi connectivity index (χ0v) is 16.8. The fourth-order valence-electron chi connectivity index (χ4n) is 3.78. The van der Waals surface area contributed by atoms with Gasteiger partial charge in [0.1, 0.15) is 9.75 Å². The normalized spacial score (nSPS) is 46.5. The van der Waals surface area contributed by atoms with E-state index in [1.165, 1.54) is 0 Å².